The van der Waals surface area contributed by atoms with Crippen molar-refractivity contribution in [3.8, 4) is 5.75 Å². The number of amides is 1. The third-order valence-electron chi connectivity index (χ3n) is 4.31. The van der Waals surface area contributed by atoms with Crippen molar-refractivity contribution in [1.29, 1.82) is 0 Å². The Balaban J connectivity index is 1.46. The Morgan fingerprint density at radius 3 is 2.58 bits per heavy atom. The van der Waals surface area contributed by atoms with Gasteiger partial charge in [-0.1, -0.05) is 11.6 Å². The minimum Gasteiger partial charge on any atom is -0.486 e. The molecular formula is C20H18ClF4N3O3. The highest BCUT2D eigenvalue weighted by atomic mass is 35.5. The first-order chi connectivity index (χ1) is 14.6. The van der Waals surface area contributed by atoms with Gasteiger partial charge >= 0.3 is 6.18 Å². The maximum Gasteiger partial charge on any atom is 0.436 e. The van der Waals surface area contributed by atoms with Gasteiger partial charge in [-0.15, -0.1) is 0 Å². The number of benzene rings is 1. The minimum atomic E-state index is -4.63. The van der Waals surface area contributed by atoms with Gasteiger partial charge in [0.05, 0.1) is 10.7 Å². The van der Waals surface area contributed by atoms with Gasteiger partial charge in [0.25, 0.3) is 5.91 Å². The molecule has 1 N–H and O–H groups in total. The summed E-state index contributed by atoms with van der Waals surface area (Å²) < 4.78 is 63.4. The van der Waals surface area contributed by atoms with Gasteiger partial charge in [0.2, 0.25) is 0 Å². The Labute approximate surface area is 179 Å². The van der Waals surface area contributed by atoms with Crippen LogP contribution in [-0.4, -0.2) is 22.2 Å². The summed E-state index contributed by atoms with van der Waals surface area (Å²) in [5.41, 5.74) is -0.918. The molecule has 0 aliphatic heterocycles. The smallest absolute Gasteiger partial charge is 0.436 e. The maximum absolute atomic E-state index is 12.9. The number of nitrogens with one attached hydrogen (secondary N) is 1. The van der Waals surface area contributed by atoms with E-state index in [0.29, 0.717) is 17.9 Å². The molecule has 0 aliphatic rings. The largest absolute Gasteiger partial charge is 0.486 e. The van der Waals surface area contributed by atoms with Crippen molar-refractivity contribution in [2.75, 3.05) is 6.54 Å². The van der Waals surface area contributed by atoms with E-state index in [1.807, 2.05) is 0 Å². The molecule has 6 nitrogen and oxygen atoms in total. The number of aryl methyl sites for hydroxylation is 1. The molecule has 11 heteroatoms. The van der Waals surface area contributed by atoms with Gasteiger partial charge in [0, 0.05) is 13.1 Å². The van der Waals surface area contributed by atoms with Crippen LogP contribution in [0.3, 0.4) is 0 Å². The van der Waals surface area contributed by atoms with Gasteiger partial charge in [0.15, 0.2) is 11.5 Å². The third-order valence-corrected chi connectivity index (χ3v) is 4.77. The van der Waals surface area contributed by atoms with Crippen LogP contribution in [0.1, 0.15) is 34.1 Å². The lowest BCUT2D eigenvalue weighted by Crippen LogP contribution is -2.25. The van der Waals surface area contributed by atoms with E-state index in [0.717, 1.165) is 4.68 Å². The highest BCUT2D eigenvalue weighted by molar-refractivity contribution is 6.31. The summed E-state index contributed by atoms with van der Waals surface area (Å²) in [6.45, 7) is 1.84. The zero-order valence-corrected chi connectivity index (χ0v) is 17.1. The molecule has 1 aromatic carbocycles. The lowest BCUT2D eigenvalue weighted by atomic mass is 10.3. The number of aromatic nitrogens is 2. The average Bonchev–Trinajstić information content (AvgIpc) is 3.30. The van der Waals surface area contributed by atoms with Crippen molar-refractivity contribution >= 4 is 17.5 Å². The molecule has 166 valence electrons. The van der Waals surface area contributed by atoms with Crippen LogP contribution < -0.4 is 10.1 Å². The number of rotatable bonds is 8. The van der Waals surface area contributed by atoms with E-state index < -0.39 is 22.8 Å². The molecule has 0 aliphatic carbocycles. The number of nitrogens with zero attached hydrogens (tertiary/aromatic N) is 2. The summed E-state index contributed by atoms with van der Waals surface area (Å²) >= 11 is 5.70. The van der Waals surface area contributed by atoms with Crippen molar-refractivity contribution < 1.29 is 31.5 Å². The minimum absolute atomic E-state index is 0.0553. The molecule has 3 rings (SSSR count). The summed E-state index contributed by atoms with van der Waals surface area (Å²) in [6.07, 6.45) is -4.29. The molecule has 0 saturated carbocycles. The second kappa shape index (κ2) is 9.42. The van der Waals surface area contributed by atoms with Gasteiger partial charge in [-0.25, -0.2) is 4.39 Å². The highest BCUT2D eigenvalue weighted by Crippen LogP contribution is 2.35. The molecular weight excluding hydrogens is 442 g/mol. The third kappa shape index (κ3) is 5.78. The Hall–Kier alpha value is -3.01. The summed E-state index contributed by atoms with van der Waals surface area (Å²) in [6, 6.07) is 8.52. The van der Waals surface area contributed by atoms with Crippen molar-refractivity contribution in [3.05, 3.63) is 70.1 Å². The van der Waals surface area contributed by atoms with E-state index >= 15 is 0 Å². The van der Waals surface area contributed by atoms with Crippen LogP contribution in [0, 0.1) is 12.7 Å². The lowest BCUT2D eigenvalue weighted by molar-refractivity contribution is -0.141. The van der Waals surface area contributed by atoms with Gasteiger partial charge < -0.3 is 14.5 Å². The lowest BCUT2D eigenvalue weighted by Gasteiger charge is -2.06. The van der Waals surface area contributed by atoms with Crippen LogP contribution in [-0.2, 0) is 19.3 Å². The number of hydrogen-bond acceptors (Lipinski definition) is 4. The van der Waals surface area contributed by atoms with E-state index in [1.165, 1.54) is 37.3 Å². The molecule has 0 unspecified atom stereocenters. The number of halogens is 5. The van der Waals surface area contributed by atoms with Crippen LogP contribution in [0.5, 0.6) is 5.75 Å². The molecule has 2 heterocycles. The second-order valence-electron chi connectivity index (χ2n) is 6.59. The molecule has 2 aromatic heterocycles. The first-order valence-electron chi connectivity index (χ1n) is 9.20. The fraction of sp³-hybridized carbons (Fsp3) is 0.300. The topological polar surface area (TPSA) is 69.3 Å². The first kappa shape index (κ1) is 22.7. The van der Waals surface area contributed by atoms with Crippen molar-refractivity contribution in [2.24, 2.45) is 0 Å². The SMILES string of the molecule is Cc1c(Cl)c(C(F)(F)F)nn1CCCNC(=O)c1ccc(COc2ccc(F)cc2)o1. The van der Waals surface area contributed by atoms with E-state index in [4.69, 9.17) is 20.8 Å². The van der Waals surface area contributed by atoms with Gasteiger partial charge in [-0.2, -0.15) is 18.3 Å². The summed E-state index contributed by atoms with van der Waals surface area (Å²) in [5, 5.41) is 5.70. The van der Waals surface area contributed by atoms with Crippen molar-refractivity contribution in [3.63, 3.8) is 0 Å². The quantitative estimate of drug-likeness (QED) is 0.380. The molecule has 0 saturated heterocycles. The zero-order chi connectivity index (χ0) is 22.6. The predicted molar refractivity (Wildman–Crippen MR) is 103 cm³/mol. The molecule has 0 atom stereocenters. The molecule has 0 fully saturated rings. The Morgan fingerprint density at radius 2 is 1.94 bits per heavy atom. The van der Waals surface area contributed by atoms with Crippen LogP contribution in [0.15, 0.2) is 40.8 Å². The monoisotopic (exact) mass is 459 g/mol. The first-order valence-corrected chi connectivity index (χ1v) is 9.58. The number of carbonyl (C=O) groups is 1. The van der Waals surface area contributed by atoms with Gasteiger partial charge in [-0.3, -0.25) is 9.48 Å². The van der Waals surface area contributed by atoms with E-state index in [-0.39, 0.29) is 37.0 Å². The maximum atomic E-state index is 12.9. The molecule has 0 radical (unpaired) electrons. The fourth-order valence-electron chi connectivity index (χ4n) is 2.70. The summed E-state index contributed by atoms with van der Waals surface area (Å²) in [7, 11) is 0. The Bertz CT molecular complexity index is 1050. The molecule has 1 amide bonds. The van der Waals surface area contributed by atoms with E-state index in [2.05, 4.69) is 10.4 Å². The molecule has 0 bridgehead atoms. The number of furan rings is 1. The number of carbonyl (C=O) groups excluding carboxylic acids is 1. The Kier molecular flexibility index (Phi) is 6.89. The zero-order valence-electron chi connectivity index (χ0n) is 16.3. The predicted octanol–water partition coefficient (Wildman–Crippen LogP) is 4.99. The van der Waals surface area contributed by atoms with Crippen LogP contribution in [0.2, 0.25) is 5.02 Å². The molecule has 3 aromatic rings. The summed E-state index contributed by atoms with van der Waals surface area (Å²) in [5.74, 6) is 0.0630. The Morgan fingerprint density at radius 1 is 1.23 bits per heavy atom. The van der Waals surface area contributed by atoms with E-state index in [9.17, 15) is 22.4 Å². The molecule has 31 heavy (non-hydrogen) atoms. The normalized spacial score (nSPS) is 11.5. The molecule has 0 spiro atoms. The van der Waals surface area contributed by atoms with Gasteiger partial charge in [-0.05, 0) is 49.7 Å². The van der Waals surface area contributed by atoms with Crippen molar-refractivity contribution in [2.45, 2.75) is 32.7 Å². The number of alkyl halides is 3. The van der Waals surface area contributed by atoms with E-state index in [1.54, 1.807) is 6.07 Å². The highest BCUT2D eigenvalue weighted by Gasteiger charge is 2.38. The van der Waals surface area contributed by atoms with Crippen LogP contribution in [0.4, 0.5) is 17.6 Å². The number of ether oxygens (including phenoxy) is 1. The average molecular weight is 460 g/mol. The van der Waals surface area contributed by atoms with Crippen LogP contribution in [0.25, 0.3) is 0 Å². The standard InChI is InChI=1S/C20H18ClF4N3O3/c1-12-17(21)18(20(23,24)25)27-28(12)10-2-9-26-19(29)16-8-7-15(31-16)11-30-14-5-3-13(22)4-6-14/h3-8H,2,9-11H2,1H3,(H,26,29). The van der Waals surface area contributed by atoms with Crippen molar-refractivity contribution in [1.82, 2.24) is 15.1 Å². The van der Waals surface area contributed by atoms with Crippen LogP contribution >= 0.6 is 11.6 Å². The fourth-order valence-corrected chi connectivity index (χ4v) is 2.95. The number of hydrogen-bond donors (Lipinski definition) is 1. The summed E-state index contributed by atoms with van der Waals surface area (Å²) in [4.78, 5) is 12.2. The van der Waals surface area contributed by atoms with Gasteiger partial charge in [0.1, 0.15) is 23.9 Å². The second-order valence-corrected chi connectivity index (χ2v) is 6.96.